The molecule has 0 saturated heterocycles. The zero-order valence-corrected chi connectivity index (χ0v) is 15.5. The second-order valence-electron chi connectivity index (χ2n) is 5.46. The Balaban J connectivity index is 3.05. The fourth-order valence-corrected chi connectivity index (χ4v) is 2.83. The number of methoxy groups -OCH3 is 2. The van der Waals surface area contributed by atoms with Crippen molar-refractivity contribution in [3.63, 3.8) is 0 Å². The van der Waals surface area contributed by atoms with Gasteiger partial charge in [-0.05, 0) is 26.2 Å². The Hall–Kier alpha value is -2.00. The van der Waals surface area contributed by atoms with Crippen LogP contribution in [0.3, 0.4) is 0 Å². The van der Waals surface area contributed by atoms with Crippen LogP contribution in [0, 0.1) is 0 Å². The number of anilines is 1. The summed E-state index contributed by atoms with van der Waals surface area (Å²) in [5.74, 6) is 0.405. The van der Waals surface area contributed by atoms with E-state index in [1.165, 1.54) is 20.3 Å². The molecule has 0 heterocycles. The number of amides is 1. The van der Waals surface area contributed by atoms with E-state index in [0.29, 0.717) is 24.6 Å². The van der Waals surface area contributed by atoms with Crippen molar-refractivity contribution in [3.05, 3.63) is 18.2 Å². The maximum Gasteiger partial charge on any atom is 0.240 e. The van der Waals surface area contributed by atoms with Gasteiger partial charge in [0.25, 0.3) is 0 Å². The van der Waals surface area contributed by atoms with Gasteiger partial charge in [-0.25, -0.2) is 8.42 Å². The standard InChI is InChI=1S/C15H25N3O5S/c1-17(2)9-8-16-15(19)11-18(24(5,20)21)13-10-12(22-3)6-7-14(13)23-4/h6-7,10H,8-9,11H2,1-5H3,(H,16,19). The average molecular weight is 359 g/mol. The van der Waals surface area contributed by atoms with Gasteiger partial charge in [0.2, 0.25) is 15.9 Å². The van der Waals surface area contributed by atoms with Gasteiger partial charge in [0.1, 0.15) is 18.0 Å². The van der Waals surface area contributed by atoms with Gasteiger partial charge in [-0.1, -0.05) is 0 Å². The summed E-state index contributed by atoms with van der Waals surface area (Å²) in [4.78, 5) is 14.0. The number of likely N-dealkylation sites (N-methyl/N-ethyl adjacent to an activating group) is 1. The zero-order chi connectivity index (χ0) is 18.3. The molecule has 0 aromatic heterocycles. The van der Waals surface area contributed by atoms with Crippen LogP contribution in [0.15, 0.2) is 18.2 Å². The lowest BCUT2D eigenvalue weighted by molar-refractivity contribution is -0.119. The maximum atomic E-state index is 12.2. The predicted molar refractivity (Wildman–Crippen MR) is 93.3 cm³/mol. The molecule has 0 bridgehead atoms. The summed E-state index contributed by atoms with van der Waals surface area (Å²) < 4.78 is 35.7. The van der Waals surface area contributed by atoms with E-state index >= 15 is 0 Å². The molecule has 0 fully saturated rings. The molecule has 8 nitrogen and oxygen atoms in total. The lowest BCUT2D eigenvalue weighted by Gasteiger charge is -2.24. The van der Waals surface area contributed by atoms with Gasteiger partial charge in [-0.3, -0.25) is 9.10 Å². The Morgan fingerprint density at radius 2 is 1.88 bits per heavy atom. The predicted octanol–water partition coefficient (Wildman–Crippen LogP) is 0.148. The maximum absolute atomic E-state index is 12.2. The quantitative estimate of drug-likeness (QED) is 0.675. The van der Waals surface area contributed by atoms with E-state index in [1.54, 1.807) is 12.1 Å². The number of benzene rings is 1. The van der Waals surface area contributed by atoms with Crippen LogP contribution in [0.4, 0.5) is 5.69 Å². The first-order valence-corrected chi connectivity index (χ1v) is 9.15. The van der Waals surface area contributed by atoms with Crippen molar-refractivity contribution < 1.29 is 22.7 Å². The van der Waals surface area contributed by atoms with E-state index < -0.39 is 15.9 Å². The average Bonchev–Trinajstić information content (AvgIpc) is 2.50. The van der Waals surface area contributed by atoms with E-state index in [1.807, 2.05) is 19.0 Å². The van der Waals surface area contributed by atoms with Crippen LogP contribution in [0.1, 0.15) is 0 Å². The van der Waals surface area contributed by atoms with E-state index in [9.17, 15) is 13.2 Å². The largest absolute Gasteiger partial charge is 0.497 e. The van der Waals surface area contributed by atoms with Crippen molar-refractivity contribution in [1.29, 1.82) is 0 Å². The molecule has 0 saturated carbocycles. The third-order valence-electron chi connectivity index (χ3n) is 3.22. The van der Waals surface area contributed by atoms with Gasteiger partial charge in [-0.2, -0.15) is 0 Å². The highest BCUT2D eigenvalue weighted by molar-refractivity contribution is 7.92. The van der Waals surface area contributed by atoms with Crippen LogP contribution in [0.25, 0.3) is 0 Å². The molecule has 24 heavy (non-hydrogen) atoms. The topological polar surface area (TPSA) is 88.2 Å². The summed E-state index contributed by atoms with van der Waals surface area (Å²) in [6.07, 6.45) is 1.04. The van der Waals surface area contributed by atoms with Gasteiger partial charge < -0.3 is 19.7 Å². The zero-order valence-electron chi connectivity index (χ0n) is 14.7. The highest BCUT2D eigenvalue weighted by atomic mass is 32.2. The van der Waals surface area contributed by atoms with E-state index in [0.717, 1.165) is 10.6 Å². The minimum atomic E-state index is -3.69. The van der Waals surface area contributed by atoms with Gasteiger partial charge in [-0.15, -0.1) is 0 Å². The summed E-state index contributed by atoms with van der Waals surface area (Å²) in [5, 5.41) is 2.69. The molecule has 9 heteroatoms. The van der Waals surface area contributed by atoms with Crippen LogP contribution >= 0.6 is 0 Å². The lowest BCUT2D eigenvalue weighted by atomic mass is 10.2. The Morgan fingerprint density at radius 1 is 1.21 bits per heavy atom. The Bertz CT molecular complexity index is 661. The molecule has 1 N–H and O–H groups in total. The second-order valence-corrected chi connectivity index (χ2v) is 7.37. The molecule has 1 aromatic rings. The van der Waals surface area contributed by atoms with Crippen molar-refractivity contribution in [2.45, 2.75) is 0 Å². The molecule has 1 aromatic carbocycles. The van der Waals surface area contributed by atoms with Crippen molar-refractivity contribution in [3.8, 4) is 11.5 Å². The molecule has 0 radical (unpaired) electrons. The highest BCUT2D eigenvalue weighted by Gasteiger charge is 2.24. The molecule has 1 rings (SSSR count). The first-order chi connectivity index (χ1) is 11.2. The number of nitrogens with zero attached hydrogens (tertiary/aromatic N) is 2. The number of rotatable bonds is 9. The Kier molecular flexibility index (Phi) is 7.30. The van der Waals surface area contributed by atoms with Gasteiger partial charge in [0.05, 0.1) is 26.2 Å². The highest BCUT2D eigenvalue weighted by Crippen LogP contribution is 2.33. The first kappa shape index (κ1) is 20.0. The third-order valence-corrected chi connectivity index (χ3v) is 4.35. The molecule has 0 aliphatic carbocycles. The molecule has 0 atom stereocenters. The molecule has 1 amide bonds. The molecular weight excluding hydrogens is 334 g/mol. The SMILES string of the molecule is COc1ccc(OC)c(N(CC(=O)NCCN(C)C)S(C)(=O)=O)c1. The molecular formula is C15H25N3O5S. The molecule has 0 unspecified atom stereocenters. The first-order valence-electron chi connectivity index (χ1n) is 7.30. The van der Waals surface area contributed by atoms with Crippen LogP contribution in [-0.2, 0) is 14.8 Å². The minimum Gasteiger partial charge on any atom is -0.497 e. The third kappa shape index (κ3) is 5.89. The summed E-state index contributed by atoms with van der Waals surface area (Å²) in [5.41, 5.74) is 0.252. The monoisotopic (exact) mass is 359 g/mol. The van der Waals surface area contributed by atoms with Crippen molar-refractivity contribution in [2.24, 2.45) is 0 Å². The van der Waals surface area contributed by atoms with Crippen molar-refractivity contribution in [1.82, 2.24) is 10.2 Å². The number of carbonyl (C=O) groups excluding carboxylic acids is 1. The Labute approximate surface area is 143 Å². The summed E-state index contributed by atoms with van der Waals surface area (Å²) in [6, 6.07) is 4.77. The fourth-order valence-electron chi connectivity index (χ4n) is 1.98. The van der Waals surface area contributed by atoms with Crippen LogP contribution < -0.4 is 19.1 Å². The fraction of sp³-hybridized carbons (Fsp3) is 0.533. The minimum absolute atomic E-state index is 0.252. The van der Waals surface area contributed by atoms with Crippen LogP contribution in [0.2, 0.25) is 0 Å². The van der Waals surface area contributed by atoms with Crippen LogP contribution in [0.5, 0.6) is 11.5 Å². The molecule has 0 aliphatic rings. The van der Waals surface area contributed by atoms with Gasteiger partial charge in [0, 0.05) is 19.2 Å². The number of sulfonamides is 1. The molecule has 136 valence electrons. The van der Waals surface area contributed by atoms with E-state index in [2.05, 4.69) is 5.32 Å². The second kappa shape index (κ2) is 8.74. The number of carbonyl (C=O) groups is 1. The summed E-state index contributed by atoms with van der Waals surface area (Å²) >= 11 is 0. The Morgan fingerprint density at radius 3 is 2.38 bits per heavy atom. The van der Waals surface area contributed by atoms with Gasteiger partial charge in [0.15, 0.2) is 0 Å². The summed E-state index contributed by atoms with van der Waals surface area (Å²) in [6.45, 7) is 0.752. The van der Waals surface area contributed by atoms with Gasteiger partial charge >= 0.3 is 0 Å². The molecule has 0 aliphatic heterocycles. The number of hydrogen-bond acceptors (Lipinski definition) is 6. The number of ether oxygens (including phenoxy) is 2. The van der Waals surface area contributed by atoms with Crippen molar-refractivity contribution >= 4 is 21.6 Å². The van der Waals surface area contributed by atoms with E-state index in [4.69, 9.17) is 9.47 Å². The normalized spacial score (nSPS) is 11.2. The summed E-state index contributed by atoms with van der Waals surface area (Å²) in [7, 11) is 2.99. The van der Waals surface area contributed by atoms with E-state index in [-0.39, 0.29) is 12.2 Å². The number of hydrogen-bond donors (Lipinski definition) is 1. The smallest absolute Gasteiger partial charge is 0.240 e. The molecule has 0 spiro atoms. The number of nitrogens with one attached hydrogen (secondary N) is 1. The van der Waals surface area contributed by atoms with Crippen LogP contribution in [-0.4, -0.2) is 73.4 Å². The lowest BCUT2D eigenvalue weighted by Crippen LogP contribution is -2.42. The van der Waals surface area contributed by atoms with Crippen molar-refractivity contribution in [2.75, 3.05) is 58.5 Å².